The van der Waals surface area contributed by atoms with Gasteiger partial charge in [-0.1, -0.05) is 12.1 Å². The van der Waals surface area contributed by atoms with Gasteiger partial charge in [-0.3, -0.25) is 14.5 Å². The molecule has 8 heteroatoms. The van der Waals surface area contributed by atoms with E-state index in [9.17, 15) is 13.6 Å². The number of pyridine rings is 2. The quantitative estimate of drug-likeness (QED) is 0.256. The van der Waals surface area contributed by atoms with Gasteiger partial charge in [0.2, 0.25) is 0 Å². The maximum Gasteiger partial charge on any atom is 0.182 e. The first-order valence-corrected chi connectivity index (χ1v) is 13.1. The van der Waals surface area contributed by atoms with Crippen molar-refractivity contribution in [1.29, 1.82) is 0 Å². The number of rotatable bonds is 7. The summed E-state index contributed by atoms with van der Waals surface area (Å²) >= 11 is 0. The van der Waals surface area contributed by atoms with Crippen LogP contribution in [0.3, 0.4) is 0 Å². The summed E-state index contributed by atoms with van der Waals surface area (Å²) < 4.78 is 29.7. The van der Waals surface area contributed by atoms with Crippen LogP contribution in [0.4, 0.5) is 8.78 Å². The predicted molar refractivity (Wildman–Crippen MR) is 147 cm³/mol. The molecule has 2 aromatic carbocycles. The Hall–Kier alpha value is -4.30. The van der Waals surface area contributed by atoms with E-state index in [1.54, 1.807) is 36.7 Å². The van der Waals surface area contributed by atoms with Crippen molar-refractivity contribution in [3.8, 4) is 33.5 Å². The van der Waals surface area contributed by atoms with Gasteiger partial charge >= 0.3 is 0 Å². The number of aryl methyl sites for hydroxylation is 1. The molecule has 6 nitrogen and oxygen atoms in total. The highest BCUT2D eigenvalue weighted by molar-refractivity contribution is 6.05. The normalized spacial score (nSPS) is 14.3. The van der Waals surface area contributed by atoms with Crippen LogP contribution in [0.2, 0.25) is 0 Å². The molecular formula is C31H27F2N5O. The van der Waals surface area contributed by atoms with Crippen LogP contribution in [0.1, 0.15) is 19.3 Å². The molecule has 1 fully saturated rings. The van der Waals surface area contributed by atoms with E-state index in [-0.39, 0.29) is 11.6 Å². The van der Waals surface area contributed by atoms with Crippen molar-refractivity contribution in [3.63, 3.8) is 0 Å². The van der Waals surface area contributed by atoms with Crippen LogP contribution in [0.25, 0.3) is 44.5 Å². The molecule has 0 saturated carbocycles. The molecule has 0 aliphatic carbocycles. The molecule has 0 bridgehead atoms. The van der Waals surface area contributed by atoms with Crippen molar-refractivity contribution in [3.05, 3.63) is 90.9 Å². The Morgan fingerprint density at radius 3 is 2.03 bits per heavy atom. The van der Waals surface area contributed by atoms with Gasteiger partial charge in [0, 0.05) is 73.1 Å². The third-order valence-corrected chi connectivity index (χ3v) is 7.21. The van der Waals surface area contributed by atoms with Crippen molar-refractivity contribution >= 4 is 16.8 Å². The minimum atomic E-state index is -0.327. The molecule has 0 atom stereocenters. The fourth-order valence-electron chi connectivity index (χ4n) is 5.21. The van der Waals surface area contributed by atoms with Gasteiger partial charge in [0.05, 0.1) is 5.69 Å². The lowest BCUT2D eigenvalue weighted by atomic mass is 9.90. The monoisotopic (exact) mass is 523 g/mol. The molecule has 4 heterocycles. The zero-order valence-corrected chi connectivity index (χ0v) is 21.4. The number of ketones is 1. The lowest BCUT2D eigenvalue weighted by molar-refractivity contribution is -0.121. The number of fused-ring (bicyclic) bond motifs is 1. The minimum Gasteiger partial charge on any atom is -0.302 e. The van der Waals surface area contributed by atoms with E-state index in [4.69, 9.17) is 10.1 Å². The van der Waals surface area contributed by atoms with Crippen LogP contribution in [-0.4, -0.2) is 50.1 Å². The molecule has 1 aliphatic rings. The minimum absolute atomic E-state index is 0.316. The van der Waals surface area contributed by atoms with Gasteiger partial charge in [0.25, 0.3) is 0 Å². The first-order valence-electron chi connectivity index (χ1n) is 13.1. The molecular weight excluding hydrogens is 496 g/mol. The van der Waals surface area contributed by atoms with Crippen molar-refractivity contribution in [2.45, 2.75) is 25.8 Å². The molecule has 3 aromatic heterocycles. The molecule has 0 N–H and O–H groups in total. The Labute approximate surface area is 224 Å². The summed E-state index contributed by atoms with van der Waals surface area (Å²) in [5.74, 6) is -0.305. The van der Waals surface area contributed by atoms with Gasteiger partial charge in [-0.25, -0.2) is 13.8 Å². The van der Waals surface area contributed by atoms with Gasteiger partial charge in [0.1, 0.15) is 17.4 Å². The summed E-state index contributed by atoms with van der Waals surface area (Å²) in [4.78, 5) is 23.0. The average molecular weight is 524 g/mol. The molecule has 5 aromatic rings. The Balaban J connectivity index is 1.47. The van der Waals surface area contributed by atoms with E-state index < -0.39 is 0 Å². The zero-order chi connectivity index (χ0) is 26.8. The number of hydrogen-bond donors (Lipinski definition) is 0. The van der Waals surface area contributed by atoms with Crippen molar-refractivity contribution in [2.75, 3.05) is 19.6 Å². The molecule has 0 radical (unpaired) electrons. The van der Waals surface area contributed by atoms with Crippen LogP contribution in [0.5, 0.6) is 0 Å². The number of piperidine rings is 1. The van der Waals surface area contributed by atoms with Gasteiger partial charge < -0.3 is 4.90 Å². The maximum atomic E-state index is 13.9. The summed E-state index contributed by atoms with van der Waals surface area (Å²) in [6.45, 7) is 3.21. The molecule has 39 heavy (non-hydrogen) atoms. The number of hydrogen-bond acceptors (Lipinski definition) is 5. The molecule has 1 aliphatic heterocycles. The molecule has 6 rings (SSSR count). The largest absolute Gasteiger partial charge is 0.302 e. The summed E-state index contributed by atoms with van der Waals surface area (Å²) in [7, 11) is 0. The van der Waals surface area contributed by atoms with Gasteiger partial charge in [-0.2, -0.15) is 5.10 Å². The van der Waals surface area contributed by atoms with E-state index in [1.165, 1.54) is 24.3 Å². The second kappa shape index (κ2) is 10.8. The van der Waals surface area contributed by atoms with E-state index >= 15 is 0 Å². The van der Waals surface area contributed by atoms with Crippen LogP contribution >= 0.6 is 0 Å². The number of Topliss-reactive ketones (excluding diaryl/α,β-unsaturated/α-hetero) is 1. The van der Waals surface area contributed by atoms with Crippen molar-refractivity contribution in [1.82, 2.24) is 24.6 Å². The van der Waals surface area contributed by atoms with Crippen LogP contribution in [-0.2, 0) is 11.3 Å². The van der Waals surface area contributed by atoms with Gasteiger partial charge in [0.15, 0.2) is 5.65 Å². The summed E-state index contributed by atoms with van der Waals surface area (Å²) in [5, 5.41) is 5.67. The topological polar surface area (TPSA) is 63.9 Å². The second-order valence-electron chi connectivity index (χ2n) is 9.82. The number of halogens is 2. The van der Waals surface area contributed by atoms with Crippen LogP contribution in [0.15, 0.2) is 79.3 Å². The van der Waals surface area contributed by atoms with Gasteiger partial charge in [-0.05, 0) is 72.6 Å². The highest BCUT2D eigenvalue weighted by atomic mass is 19.1. The number of carbonyl (C=O) groups is 1. The maximum absolute atomic E-state index is 13.9. The summed E-state index contributed by atoms with van der Waals surface area (Å²) in [6.07, 6.45) is 7.58. The number of aromatic nitrogens is 4. The fourth-order valence-corrected chi connectivity index (χ4v) is 5.21. The molecule has 196 valence electrons. The van der Waals surface area contributed by atoms with E-state index in [1.807, 2.05) is 23.0 Å². The number of carbonyl (C=O) groups excluding carboxylic acids is 1. The van der Waals surface area contributed by atoms with Gasteiger partial charge in [-0.15, -0.1) is 0 Å². The molecule has 1 saturated heterocycles. The van der Waals surface area contributed by atoms with E-state index in [2.05, 4.69) is 9.88 Å². The van der Waals surface area contributed by atoms with E-state index in [0.717, 1.165) is 59.3 Å². The first kappa shape index (κ1) is 25.0. The Bertz CT molecular complexity index is 1610. The number of nitrogens with zero attached hydrogens (tertiary/aromatic N) is 5. The highest BCUT2D eigenvalue weighted by Gasteiger charge is 2.22. The zero-order valence-electron chi connectivity index (χ0n) is 21.4. The van der Waals surface area contributed by atoms with Crippen LogP contribution in [0, 0.1) is 11.6 Å². The smallest absolute Gasteiger partial charge is 0.182 e. The summed E-state index contributed by atoms with van der Waals surface area (Å²) in [6, 6.07) is 16.5. The average Bonchev–Trinajstić information content (AvgIpc) is 3.37. The van der Waals surface area contributed by atoms with Crippen molar-refractivity contribution in [2.24, 2.45) is 0 Å². The number of likely N-dealkylation sites (tertiary alicyclic amines) is 1. The fraction of sp³-hybridized carbons (Fsp3) is 0.226. The predicted octanol–water partition coefficient (Wildman–Crippen LogP) is 6.16. The Kier molecular flexibility index (Phi) is 6.94. The third-order valence-electron chi connectivity index (χ3n) is 7.21. The Morgan fingerprint density at radius 1 is 0.744 bits per heavy atom. The third kappa shape index (κ3) is 5.33. The molecule has 0 unspecified atom stereocenters. The molecule has 0 amide bonds. The number of benzene rings is 2. The lowest BCUT2D eigenvalue weighted by Gasteiger charge is -2.25. The SMILES string of the molecule is O=C1CCN(CCCn2cc3c(-c4ccc(F)cc4)c(-c4ccncc4)c(-c4ccc(F)cc4)nc3n2)CC1. The first-order chi connectivity index (χ1) is 19.0. The molecule has 0 spiro atoms. The second-order valence-corrected chi connectivity index (χ2v) is 9.82. The van der Waals surface area contributed by atoms with Crippen LogP contribution < -0.4 is 0 Å². The van der Waals surface area contributed by atoms with E-state index in [0.29, 0.717) is 36.5 Å². The summed E-state index contributed by atoms with van der Waals surface area (Å²) in [5.41, 5.74) is 5.43. The van der Waals surface area contributed by atoms with Crippen molar-refractivity contribution < 1.29 is 13.6 Å². The lowest BCUT2D eigenvalue weighted by Crippen LogP contribution is -2.34. The Morgan fingerprint density at radius 2 is 1.36 bits per heavy atom. The highest BCUT2D eigenvalue weighted by Crippen LogP contribution is 2.43. The standard InChI is InChI=1S/C31H27F2N5O/c32-24-6-2-21(3-7-24)28-27-20-38(17-1-16-37-18-12-26(39)13-19-37)36-31(27)35-30(23-4-8-25(33)9-5-23)29(28)22-10-14-34-15-11-22/h2-11,14-15,20H,1,12-13,16-19H2.